The third-order valence-electron chi connectivity index (χ3n) is 0.946. The van der Waals surface area contributed by atoms with E-state index in [0.29, 0.717) is 0 Å². The topological polar surface area (TPSA) is 25.8 Å². The van der Waals surface area contributed by atoms with Crippen LogP contribution in [0.4, 0.5) is 13.2 Å². The summed E-state index contributed by atoms with van der Waals surface area (Å²) in [4.78, 5) is 0.109. The first-order chi connectivity index (χ1) is 5.05. The second-order valence-electron chi connectivity index (χ2n) is 1.68. The van der Waals surface area contributed by atoms with Crippen LogP contribution in [-0.2, 0) is 11.5 Å². The smallest absolute Gasteiger partial charge is 0.164 e. The van der Waals surface area contributed by atoms with Crippen LogP contribution in [0.5, 0.6) is 0 Å². The van der Waals surface area contributed by atoms with Gasteiger partial charge in [-0.05, 0) is 11.5 Å². The summed E-state index contributed by atoms with van der Waals surface area (Å²) in [5, 5.41) is 3.11. The van der Waals surface area contributed by atoms with Gasteiger partial charge in [0.25, 0.3) is 0 Å². The minimum atomic E-state index is -4.38. The maximum Gasteiger partial charge on any atom is 0.436 e. The van der Waals surface area contributed by atoms with Crippen molar-refractivity contribution in [1.29, 1.82) is 0 Å². The second kappa shape index (κ2) is 3.06. The largest absolute Gasteiger partial charge is 0.436 e. The van der Waals surface area contributed by atoms with Crippen molar-refractivity contribution in [3.8, 4) is 0 Å². The van der Waals surface area contributed by atoms with Gasteiger partial charge >= 0.3 is 6.18 Å². The van der Waals surface area contributed by atoms with Crippen molar-refractivity contribution < 1.29 is 13.2 Å². The minimum absolute atomic E-state index is 0.109. The molecule has 0 spiro atoms. The summed E-state index contributed by atoms with van der Waals surface area (Å²) in [6.45, 7) is 0. The van der Waals surface area contributed by atoms with Gasteiger partial charge in [0.1, 0.15) is 0 Å². The monoisotopic (exact) mass is 246 g/mol. The zero-order chi connectivity index (χ0) is 8.48. The molecule has 1 heterocycles. The average Bonchev–Trinajstić information content (AvgIpc) is 2.31. The summed E-state index contributed by atoms with van der Waals surface area (Å²) < 4.78 is 39.1. The summed E-state index contributed by atoms with van der Waals surface area (Å²) in [5.74, 6) is 0. The fraction of sp³-hybridized carbons (Fsp3) is 0.500. The third kappa shape index (κ3) is 1.90. The van der Waals surface area contributed by atoms with Gasteiger partial charge < -0.3 is 0 Å². The molecule has 1 aromatic heterocycles. The van der Waals surface area contributed by atoms with Crippen LogP contribution in [0, 0.1) is 0 Å². The standard InChI is InChI=1S/C4H2BrF3N2S/c5-1-2-3(4(6,7)8)9-10-11-2/h1H2. The molecule has 0 atom stereocenters. The van der Waals surface area contributed by atoms with E-state index in [2.05, 4.69) is 25.5 Å². The predicted molar refractivity (Wildman–Crippen MR) is 37.5 cm³/mol. The number of halogens is 4. The summed E-state index contributed by atoms with van der Waals surface area (Å²) in [5.41, 5.74) is -0.889. The summed E-state index contributed by atoms with van der Waals surface area (Å²) in [7, 11) is 0. The first kappa shape index (κ1) is 8.92. The van der Waals surface area contributed by atoms with Gasteiger partial charge in [-0.25, -0.2) is 0 Å². The maximum absolute atomic E-state index is 12.0. The molecule has 0 fully saturated rings. The van der Waals surface area contributed by atoms with E-state index >= 15 is 0 Å². The highest BCUT2D eigenvalue weighted by Gasteiger charge is 2.36. The van der Waals surface area contributed by atoms with Crippen molar-refractivity contribution >= 4 is 27.5 Å². The highest BCUT2D eigenvalue weighted by Crippen LogP contribution is 2.32. The van der Waals surface area contributed by atoms with Crippen LogP contribution < -0.4 is 0 Å². The molecule has 0 unspecified atom stereocenters. The lowest BCUT2D eigenvalue weighted by molar-refractivity contribution is -0.141. The van der Waals surface area contributed by atoms with E-state index in [1.807, 2.05) is 0 Å². The van der Waals surface area contributed by atoms with E-state index in [0.717, 1.165) is 11.5 Å². The molecular formula is C4H2BrF3N2S. The van der Waals surface area contributed by atoms with Crippen LogP contribution in [0.25, 0.3) is 0 Å². The summed E-state index contributed by atoms with van der Waals surface area (Å²) in [6.07, 6.45) is -4.38. The Morgan fingerprint density at radius 1 is 1.45 bits per heavy atom. The van der Waals surface area contributed by atoms with Gasteiger partial charge in [0, 0.05) is 5.33 Å². The number of rotatable bonds is 1. The number of hydrogen-bond acceptors (Lipinski definition) is 3. The Balaban J connectivity index is 3.02. The van der Waals surface area contributed by atoms with Gasteiger partial charge in [-0.3, -0.25) is 0 Å². The number of aromatic nitrogens is 2. The lowest BCUT2D eigenvalue weighted by Gasteiger charge is -2.01. The first-order valence-corrected chi connectivity index (χ1v) is 4.39. The van der Waals surface area contributed by atoms with Gasteiger partial charge in [-0.15, -0.1) is 5.10 Å². The van der Waals surface area contributed by atoms with Crippen molar-refractivity contribution in [2.45, 2.75) is 11.5 Å². The van der Waals surface area contributed by atoms with Crippen molar-refractivity contribution in [2.75, 3.05) is 0 Å². The SMILES string of the molecule is FC(F)(F)c1nnsc1CBr. The zero-order valence-electron chi connectivity index (χ0n) is 5.02. The Kier molecular flexibility index (Phi) is 2.48. The molecule has 0 bridgehead atoms. The molecule has 0 aliphatic carbocycles. The van der Waals surface area contributed by atoms with Crippen LogP contribution in [-0.4, -0.2) is 9.59 Å². The zero-order valence-corrected chi connectivity index (χ0v) is 7.42. The van der Waals surface area contributed by atoms with Crippen LogP contribution in [0.2, 0.25) is 0 Å². The van der Waals surface area contributed by atoms with Crippen LogP contribution in [0.1, 0.15) is 10.6 Å². The molecule has 1 aromatic rings. The van der Waals surface area contributed by atoms with E-state index in [1.165, 1.54) is 0 Å². The highest BCUT2D eigenvalue weighted by atomic mass is 79.9. The van der Waals surface area contributed by atoms with Crippen LogP contribution >= 0.6 is 27.5 Å². The molecule has 0 aliphatic heterocycles. The van der Waals surface area contributed by atoms with Crippen LogP contribution in [0.3, 0.4) is 0 Å². The Hall–Kier alpha value is -0.170. The van der Waals surface area contributed by atoms with E-state index in [4.69, 9.17) is 0 Å². The molecule has 7 heteroatoms. The number of nitrogens with zero attached hydrogens (tertiary/aromatic N) is 2. The van der Waals surface area contributed by atoms with Crippen molar-refractivity contribution in [1.82, 2.24) is 9.59 Å². The minimum Gasteiger partial charge on any atom is -0.164 e. The molecular weight excluding hydrogens is 245 g/mol. The molecule has 0 N–H and O–H groups in total. The molecule has 0 saturated carbocycles. The molecule has 0 aromatic carbocycles. The highest BCUT2D eigenvalue weighted by molar-refractivity contribution is 9.08. The van der Waals surface area contributed by atoms with Crippen LogP contribution in [0.15, 0.2) is 0 Å². The molecule has 0 amide bonds. The Morgan fingerprint density at radius 2 is 2.09 bits per heavy atom. The second-order valence-corrected chi connectivity index (χ2v) is 3.08. The Bertz CT molecular complexity index is 246. The van der Waals surface area contributed by atoms with Gasteiger partial charge in [0.05, 0.1) is 4.88 Å². The molecule has 0 saturated heterocycles. The summed E-state index contributed by atoms with van der Waals surface area (Å²) in [6, 6.07) is 0. The Labute approximate surface area is 72.7 Å². The first-order valence-electron chi connectivity index (χ1n) is 2.50. The van der Waals surface area contributed by atoms with E-state index in [9.17, 15) is 13.2 Å². The van der Waals surface area contributed by atoms with E-state index in [-0.39, 0.29) is 10.2 Å². The fourth-order valence-corrected chi connectivity index (χ4v) is 1.60. The molecule has 1 rings (SSSR count). The van der Waals surface area contributed by atoms with Gasteiger partial charge in [0.2, 0.25) is 0 Å². The lowest BCUT2D eigenvalue weighted by Crippen LogP contribution is -2.07. The molecule has 62 valence electrons. The summed E-state index contributed by atoms with van der Waals surface area (Å²) >= 11 is 3.66. The average molecular weight is 247 g/mol. The molecule has 0 radical (unpaired) electrons. The van der Waals surface area contributed by atoms with E-state index < -0.39 is 11.9 Å². The molecule has 2 nitrogen and oxygen atoms in total. The maximum atomic E-state index is 12.0. The lowest BCUT2D eigenvalue weighted by atomic mass is 10.4. The normalized spacial score (nSPS) is 12.0. The number of hydrogen-bond donors (Lipinski definition) is 0. The van der Waals surface area contributed by atoms with Crippen molar-refractivity contribution in [3.63, 3.8) is 0 Å². The molecule has 11 heavy (non-hydrogen) atoms. The van der Waals surface area contributed by atoms with Gasteiger partial charge in [-0.1, -0.05) is 20.4 Å². The van der Waals surface area contributed by atoms with Crippen molar-refractivity contribution in [3.05, 3.63) is 10.6 Å². The quantitative estimate of drug-likeness (QED) is 0.712. The third-order valence-corrected chi connectivity index (χ3v) is 2.60. The van der Waals surface area contributed by atoms with E-state index in [1.54, 1.807) is 0 Å². The molecule has 0 aliphatic rings. The van der Waals surface area contributed by atoms with Gasteiger partial charge in [0.15, 0.2) is 5.69 Å². The Morgan fingerprint density at radius 3 is 2.45 bits per heavy atom. The predicted octanol–water partition coefficient (Wildman–Crippen LogP) is 2.45. The van der Waals surface area contributed by atoms with Gasteiger partial charge in [-0.2, -0.15) is 13.2 Å². The number of alkyl halides is 4. The fourth-order valence-electron chi connectivity index (χ4n) is 0.512. The van der Waals surface area contributed by atoms with Crippen molar-refractivity contribution in [2.24, 2.45) is 0 Å².